The molecule has 1 aromatic carbocycles. The van der Waals surface area contributed by atoms with E-state index in [0.29, 0.717) is 4.90 Å². The van der Waals surface area contributed by atoms with E-state index in [0.717, 1.165) is 32.5 Å². The van der Waals surface area contributed by atoms with Gasteiger partial charge in [0.05, 0.1) is 4.90 Å². The fraction of sp³-hybridized carbons (Fsp3) is 0.375. The molecule has 2 aromatic rings. The van der Waals surface area contributed by atoms with Gasteiger partial charge >= 0.3 is 0 Å². The lowest BCUT2D eigenvalue weighted by Crippen LogP contribution is -2.25. The van der Waals surface area contributed by atoms with Gasteiger partial charge in [-0.2, -0.15) is 0 Å². The minimum absolute atomic E-state index is 0.438. The van der Waals surface area contributed by atoms with Crippen LogP contribution in [-0.4, -0.2) is 32.7 Å². The van der Waals surface area contributed by atoms with Crippen molar-refractivity contribution < 1.29 is 8.42 Å². The van der Waals surface area contributed by atoms with Crippen LogP contribution in [0.2, 0.25) is 0 Å². The average Bonchev–Trinajstić information content (AvgIpc) is 2.85. The first-order valence-corrected chi connectivity index (χ1v) is 9.86. The summed E-state index contributed by atoms with van der Waals surface area (Å²) in [7, 11) is -3.11. The molecule has 5 heteroatoms. The number of hydrogen-bond donors (Lipinski definition) is 0. The highest BCUT2D eigenvalue weighted by Crippen LogP contribution is 2.22. The Morgan fingerprint density at radius 2 is 1.90 bits per heavy atom. The number of benzene rings is 1. The molecule has 0 aliphatic carbocycles. The Kier molecular flexibility index (Phi) is 4.15. The van der Waals surface area contributed by atoms with Crippen LogP contribution in [0.15, 0.2) is 40.6 Å². The smallest absolute Gasteiger partial charge is 0.175 e. The van der Waals surface area contributed by atoms with Crippen molar-refractivity contribution >= 4 is 21.2 Å². The van der Waals surface area contributed by atoms with Crippen molar-refractivity contribution in [2.75, 3.05) is 19.3 Å². The highest BCUT2D eigenvalue weighted by Gasteiger charge is 2.17. The number of sulfone groups is 1. The maximum Gasteiger partial charge on any atom is 0.175 e. The first-order valence-electron chi connectivity index (χ1n) is 7.09. The predicted octanol–water partition coefficient (Wildman–Crippen LogP) is 2.75. The van der Waals surface area contributed by atoms with Crippen molar-refractivity contribution in [3.63, 3.8) is 0 Å². The molecule has 0 fully saturated rings. The fourth-order valence-corrected chi connectivity index (χ4v) is 4.18. The maximum absolute atomic E-state index is 11.7. The molecule has 1 aliphatic rings. The van der Waals surface area contributed by atoms with Crippen molar-refractivity contribution in [3.05, 3.63) is 51.7 Å². The zero-order valence-electron chi connectivity index (χ0n) is 12.1. The molecule has 0 amide bonds. The molecule has 21 heavy (non-hydrogen) atoms. The Balaban J connectivity index is 1.76. The number of rotatable bonds is 3. The summed E-state index contributed by atoms with van der Waals surface area (Å²) >= 11 is 1.79. The summed E-state index contributed by atoms with van der Waals surface area (Å²) in [6.07, 6.45) is 3.18. The Labute approximate surface area is 130 Å². The standard InChI is InChI=1S/C16H19NO2S2/c1-21(18,19)16-5-4-13-6-8-17(9-7-14(13)11-16)12-15-3-2-10-20-15/h2-5,10-11H,6-9,12H2,1H3. The first kappa shape index (κ1) is 14.8. The van der Waals surface area contributed by atoms with E-state index in [1.54, 1.807) is 17.4 Å². The monoisotopic (exact) mass is 321 g/mol. The Morgan fingerprint density at radius 1 is 1.14 bits per heavy atom. The first-order chi connectivity index (χ1) is 10.0. The third kappa shape index (κ3) is 3.54. The van der Waals surface area contributed by atoms with Crippen LogP contribution >= 0.6 is 11.3 Å². The van der Waals surface area contributed by atoms with Gasteiger partial charge in [-0.25, -0.2) is 8.42 Å². The van der Waals surface area contributed by atoms with E-state index in [2.05, 4.69) is 22.4 Å². The van der Waals surface area contributed by atoms with Gasteiger partial charge in [-0.1, -0.05) is 12.1 Å². The lowest BCUT2D eigenvalue weighted by atomic mass is 10.0. The zero-order valence-corrected chi connectivity index (χ0v) is 13.7. The summed E-state index contributed by atoms with van der Waals surface area (Å²) < 4.78 is 23.3. The van der Waals surface area contributed by atoms with Crippen LogP contribution in [0.3, 0.4) is 0 Å². The second-order valence-electron chi connectivity index (χ2n) is 5.56. The van der Waals surface area contributed by atoms with Crippen LogP contribution in [0, 0.1) is 0 Å². The quantitative estimate of drug-likeness (QED) is 0.872. The normalized spacial score (nSPS) is 16.4. The molecule has 0 unspecified atom stereocenters. The molecule has 3 nitrogen and oxygen atoms in total. The summed E-state index contributed by atoms with van der Waals surface area (Å²) in [5, 5.41) is 2.11. The molecule has 0 spiro atoms. The van der Waals surface area contributed by atoms with Crippen molar-refractivity contribution in [2.45, 2.75) is 24.3 Å². The number of fused-ring (bicyclic) bond motifs is 1. The molecule has 0 bridgehead atoms. The SMILES string of the molecule is CS(=O)(=O)c1ccc2c(c1)CCN(Cc1cccs1)CC2. The minimum Gasteiger partial charge on any atom is -0.298 e. The van der Waals surface area contributed by atoms with Crippen molar-refractivity contribution in [1.29, 1.82) is 0 Å². The van der Waals surface area contributed by atoms with Crippen LogP contribution in [0.25, 0.3) is 0 Å². The molecule has 1 aromatic heterocycles. The fourth-order valence-electron chi connectivity index (χ4n) is 2.76. The van der Waals surface area contributed by atoms with E-state index in [-0.39, 0.29) is 0 Å². The van der Waals surface area contributed by atoms with Gasteiger partial charge in [0.25, 0.3) is 0 Å². The third-order valence-corrected chi connectivity index (χ3v) is 5.93. The van der Waals surface area contributed by atoms with Gasteiger partial charge in [0.2, 0.25) is 0 Å². The van der Waals surface area contributed by atoms with Crippen molar-refractivity contribution in [3.8, 4) is 0 Å². The summed E-state index contributed by atoms with van der Waals surface area (Å²) in [6, 6.07) is 9.85. The molecule has 0 N–H and O–H groups in total. The molecule has 112 valence electrons. The number of thiophene rings is 1. The van der Waals surface area contributed by atoms with Crippen molar-refractivity contribution in [1.82, 2.24) is 4.90 Å². The highest BCUT2D eigenvalue weighted by atomic mass is 32.2. The van der Waals surface area contributed by atoms with Crippen LogP contribution in [0.4, 0.5) is 0 Å². The lowest BCUT2D eigenvalue weighted by Gasteiger charge is -2.18. The third-order valence-electron chi connectivity index (χ3n) is 3.96. The average molecular weight is 321 g/mol. The highest BCUT2D eigenvalue weighted by molar-refractivity contribution is 7.90. The van der Waals surface area contributed by atoms with Crippen LogP contribution in [0.5, 0.6) is 0 Å². The molecule has 0 atom stereocenters. The minimum atomic E-state index is -3.11. The molecular formula is C16H19NO2S2. The summed E-state index contributed by atoms with van der Waals surface area (Å²) in [4.78, 5) is 4.28. The molecule has 2 heterocycles. The van der Waals surface area contributed by atoms with E-state index in [9.17, 15) is 8.42 Å². The van der Waals surface area contributed by atoms with E-state index in [1.165, 1.54) is 22.3 Å². The molecular weight excluding hydrogens is 302 g/mol. The topological polar surface area (TPSA) is 37.4 Å². The van der Waals surface area contributed by atoms with E-state index in [1.807, 2.05) is 12.1 Å². The predicted molar refractivity (Wildman–Crippen MR) is 86.6 cm³/mol. The molecule has 0 radical (unpaired) electrons. The van der Waals surface area contributed by atoms with Gasteiger partial charge < -0.3 is 0 Å². The maximum atomic E-state index is 11.7. The van der Waals surface area contributed by atoms with Gasteiger partial charge in [-0.3, -0.25) is 4.90 Å². The van der Waals surface area contributed by atoms with E-state index in [4.69, 9.17) is 0 Å². The molecule has 3 rings (SSSR count). The second kappa shape index (κ2) is 5.91. The Bertz CT molecular complexity index is 721. The largest absolute Gasteiger partial charge is 0.298 e. The van der Waals surface area contributed by atoms with Gasteiger partial charge in [-0.15, -0.1) is 11.3 Å². The summed E-state index contributed by atoms with van der Waals surface area (Å²) in [5.41, 5.74) is 2.47. The van der Waals surface area contributed by atoms with Crippen molar-refractivity contribution in [2.24, 2.45) is 0 Å². The van der Waals surface area contributed by atoms with Crippen LogP contribution < -0.4 is 0 Å². The van der Waals surface area contributed by atoms with Gasteiger partial charge in [0.1, 0.15) is 0 Å². The van der Waals surface area contributed by atoms with E-state index < -0.39 is 9.84 Å². The molecule has 1 aliphatic heterocycles. The summed E-state index contributed by atoms with van der Waals surface area (Å²) in [6.45, 7) is 3.01. The summed E-state index contributed by atoms with van der Waals surface area (Å²) in [5.74, 6) is 0. The molecule has 0 saturated carbocycles. The van der Waals surface area contributed by atoms with Gasteiger partial charge in [-0.05, 0) is 47.5 Å². The molecule has 0 saturated heterocycles. The lowest BCUT2D eigenvalue weighted by molar-refractivity contribution is 0.282. The number of nitrogens with zero attached hydrogens (tertiary/aromatic N) is 1. The Hall–Kier alpha value is -1.17. The van der Waals surface area contributed by atoms with Crippen LogP contribution in [-0.2, 0) is 29.2 Å². The van der Waals surface area contributed by atoms with Crippen LogP contribution in [0.1, 0.15) is 16.0 Å². The van der Waals surface area contributed by atoms with E-state index >= 15 is 0 Å². The van der Waals surface area contributed by atoms with Gasteiger partial charge in [0.15, 0.2) is 9.84 Å². The second-order valence-corrected chi connectivity index (χ2v) is 8.61. The number of hydrogen-bond acceptors (Lipinski definition) is 4. The Morgan fingerprint density at radius 3 is 2.57 bits per heavy atom. The zero-order chi connectivity index (χ0) is 14.9. The van der Waals surface area contributed by atoms with Gasteiger partial charge in [0, 0.05) is 30.8 Å².